The van der Waals surface area contributed by atoms with Gasteiger partial charge in [0.25, 0.3) is 5.22 Å². The number of methoxy groups -OCH3 is 1. The summed E-state index contributed by atoms with van der Waals surface area (Å²) in [6.07, 6.45) is 4.11. The number of aromatic nitrogens is 1. The van der Waals surface area contributed by atoms with Gasteiger partial charge in [0.05, 0.1) is 12.8 Å². The van der Waals surface area contributed by atoms with Gasteiger partial charge in [0, 0.05) is 5.25 Å². The zero-order chi connectivity index (χ0) is 13.2. The molecule has 1 aliphatic rings. The van der Waals surface area contributed by atoms with Crippen molar-refractivity contribution in [1.29, 1.82) is 0 Å². The number of hydrogen-bond donors (Lipinski definition) is 1. The van der Waals surface area contributed by atoms with Gasteiger partial charge < -0.3 is 14.5 Å². The van der Waals surface area contributed by atoms with E-state index in [1.54, 1.807) is 25.1 Å². The maximum atomic E-state index is 11.8. The van der Waals surface area contributed by atoms with Crippen molar-refractivity contribution in [2.75, 3.05) is 14.2 Å². The van der Waals surface area contributed by atoms with Crippen LogP contribution in [0.5, 0.6) is 0 Å². The molecule has 2 atom stereocenters. The Hall–Kier alpha value is -1.01. The minimum atomic E-state index is -0.548. The van der Waals surface area contributed by atoms with Crippen LogP contribution in [0.15, 0.2) is 15.9 Å². The Morgan fingerprint density at radius 2 is 2.50 bits per heavy atom. The van der Waals surface area contributed by atoms with Crippen LogP contribution in [-0.2, 0) is 9.53 Å². The fourth-order valence-corrected chi connectivity index (χ4v) is 3.53. The van der Waals surface area contributed by atoms with Gasteiger partial charge in [-0.1, -0.05) is 11.8 Å². The highest BCUT2D eigenvalue weighted by Crippen LogP contribution is 2.40. The van der Waals surface area contributed by atoms with Crippen LogP contribution in [-0.4, -0.2) is 35.9 Å². The molecule has 1 N–H and O–H groups in total. The summed E-state index contributed by atoms with van der Waals surface area (Å²) in [6, 6.07) is 0. The predicted octanol–water partition coefficient (Wildman–Crippen LogP) is 1.76. The summed E-state index contributed by atoms with van der Waals surface area (Å²) in [5, 5.41) is 4.11. The van der Waals surface area contributed by atoms with E-state index < -0.39 is 5.54 Å². The van der Waals surface area contributed by atoms with Crippen LogP contribution in [0.1, 0.15) is 25.0 Å². The molecule has 0 amide bonds. The quantitative estimate of drug-likeness (QED) is 0.841. The monoisotopic (exact) mass is 270 g/mol. The third-order valence-corrected chi connectivity index (χ3v) is 4.51. The Morgan fingerprint density at radius 1 is 1.72 bits per heavy atom. The number of rotatable bonds is 4. The molecule has 2 unspecified atom stereocenters. The first kappa shape index (κ1) is 13.4. The summed E-state index contributed by atoms with van der Waals surface area (Å²) in [4.78, 5) is 16.1. The molecule has 0 saturated heterocycles. The van der Waals surface area contributed by atoms with Gasteiger partial charge in [0.15, 0.2) is 0 Å². The first-order valence-corrected chi connectivity index (χ1v) is 6.84. The van der Waals surface area contributed by atoms with Gasteiger partial charge in [0.2, 0.25) is 0 Å². The predicted molar refractivity (Wildman–Crippen MR) is 68.5 cm³/mol. The molecule has 0 radical (unpaired) electrons. The third-order valence-electron chi connectivity index (χ3n) is 3.39. The first-order valence-electron chi connectivity index (χ1n) is 5.96. The largest absolute Gasteiger partial charge is 0.468 e. The summed E-state index contributed by atoms with van der Waals surface area (Å²) in [6.45, 7) is 1.90. The SMILES string of the molecule is CNC1(C(=O)OC)CCC(Sc2nc(C)co2)C1. The van der Waals surface area contributed by atoms with Crippen molar-refractivity contribution < 1.29 is 13.9 Å². The Kier molecular flexibility index (Phi) is 3.97. The normalized spacial score (nSPS) is 27.4. The molecular formula is C12H18N2O3S. The lowest BCUT2D eigenvalue weighted by molar-refractivity contribution is -0.148. The number of thioether (sulfide) groups is 1. The van der Waals surface area contributed by atoms with E-state index in [1.165, 1.54) is 7.11 Å². The number of esters is 1. The molecule has 0 aromatic carbocycles. The Balaban J connectivity index is 2.01. The Bertz CT molecular complexity index is 435. The molecule has 1 aliphatic carbocycles. The molecule has 1 aromatic rings. The van der Waals surface area contributed by atoms with Crippen LogP contribution in [0.2, 0.25) is 0 Å². The third kappa shape index (κ3) is 2.54. The van der Waals surface area contributed by atoms with E-state index in [9.17, 15) is 4.79 Å². The highest BCUT2D eigenvalue weighted by molar-refractivity contribution is 7.99. The van der Waals surface area contributed by atoms with E-state index in [0.717, 1.165) is 25.0 Å². The fourth-order valence-electron chi connectivity index (χ4n) is 2.34. The number of aryl methyl sites for hydroxylation is 1. The van der Waals surface area contributed by atoms with Crippen LogP contribution in [0.3, 0.4) is 0 Å². The van der Waals surface area contributed by atoms with Crippen LogP contribution < -0.4 is 5.32 Å². The Labute approximate surface area is 111 Å². The molecule has 0 aliphatic heterocycles. The second kappa shape index (κ2) is 5.32. The number of oxazole rings is 1. The van der Waals surface area contributed by atoms with Gasteiger partial charge >= 0.3 is 5.97 Å². The molecule has 1 fully saturated rings. The maximum absolute atomic E-state index is 11.8. The molecule has 5 nitrogen and oxygen atoms in total. The van der Waals surface area contributed by atoms with E-state index in [1.807, 2.05) is 6.92 Å². The standard InChI is InChI=1S/C12H18N2O3S/c1-8-7-17-11(14-8)18-9-4-5-12(6-9,13-2)10(15)16-3/h7,9,13H,4-6H2,1-3H3. The van der Waals surface area contributed by atoms with Crippen molar-refractivity contribution in [1.82, 2.24) is 10.3 Å². The number of nitrogens with zero attached hydrogens (tertiary/aromatic N) is 1. The van der Waals surface area contributed by atoms with Gasteiger partial charge in [-0.15, -0.1) is 0 Å². The van der Waals surface area contributed by atoms with Gasteiger partial charge in [-0.2, -0.15) is 0 Å². The maximum Gasteiger partial charge on any atom is 0.326 e. The Morgan fingerprint density at radius 3 is 3.06 bits per heavy atom. The summed E-state index contributed by atoms with van der Waals surface area (Å²) < 4.78 is 10.2. The van der Waals surface area contributed by atoms with E-state index in [0.29, 0.717) is 10.5 Å². The number of likely N-dealkylation sites (N-methyl/N-ethyl adjacent to an activating group) is 1. The lowest BCUT2D eigenvalue weighted by Crippen LogP contribution is -2.49. The first-order chi connectivity index (χ1) is 8.59. The average Bonchev–Trinajstić information content (AvgIpc) is 2.96. The molecule has 18 heavy (non-hydrogen) atoms. The van der Waals surface area contributed by atoms with E-state index >= 15 is 0 Å². The lowest BCUT2D eigenvalue weighted by Gasteiger charge is -2.25. The molecule has 1 heterocycles. The highest BCUT2D eigenvalue weighted by Gasteiger charge is 2.45. The van der Waals surface area contributed by atoms with Crippen molar-refractivity contribution in [3.63, 3.8) is 0 Å². The second-order valence-electron chi connectivity index (χ2n) is 4.56. The molecule has 2 rings (SSSR count). The lowest BCUT2D eigenvalue weighted by atomic mass is 9.98. The van der Waals surface area contributed by atoms with Gasteiger partial charge in [-0.3, -0.25) is 4.79 Å². The number of hydrogen-bond acceptors (Lipinski definition) is 6. The van der Waals surface area contributed by atoms with Crippen molar-refractivity contribution in [2.45, 2.75) is 42.2 Å². The summed E-state index contributed by atoms with van der Waals surface area (Å²) in [5.41, 5.74) is 0.331. The summed E-state index contributed by atoms with van der Waals surface area (Å²) in [5.74, 6) is -0.184. The van der Waals surface area contributed by atoms with Crippen molar-refractivity contribution in [3.05, 3.63) is 12.0 Å². The number of carbonyl (C=O) groups excluding carboxylic acids is 1. The smallest absolute Gasteiger partial charge is 0.326 e. The van der Waals surface area contributed by atoms with E-state index in [-0.39, 0.29) is 5.97 Å². The number of carbonyl (C=O) groups is 1. The van der Waals surface area contributed by atoms with Gasteiger partial charge in [-0.25, -0.2) is 4.98 Å². The van der Waals surface area contributed by atoms with Crippen molar-refractivity contribution in [3.8, 4) is 0 Å². The number of nitrogens with one attached hydrogen (secondary N) is 1. The van der Waals surface area contributed by atoms with Gasteiger partial charge in [-0.05, 0) is 33.2 Å². The molecular weight excluding hydrogens is 252 g/mol. The molecule has 1 saturated carbocycles. The minimum absolute atomic E-state index is 0.184. The van der Waals surface area contributed by atoms with E-state index in [2.05, 4.69) is 10.3 Å². The van der Waals surface area contributed by atoms with Crippen LogP contribution in [0, 0.1) is 6.92 Å². The van der Waals surface area contributed by atoms with Crippen molar-refractivity contribution >= 4 is 17.7 Å². The number of ether oxygens (including phenoxy) is 1. The fraction of sp³-hybridized carbons (Fsp3) is 0.667. The van der Waals surface area contributed by atoms with Gasteiger partial charge in [0.1, 0.15) is 11.8 Å². The molecule has 0 spiro atoms. The topological polar surface area (TPSA) is 64.4 Å². The van der Waals surface area contributed by atoms with Crippen molar-refractivity contribution in [2.24, 2.45) is 0 Å². The minimum Gasteiger partial charge on any atom is -0.468 e. The molecule has 0 bridgehead atoms. The highest BCUT2D eigenvalue weighted by atomic mass is 32.2. The zero-order valence-corrected chi connectivity index (χ0v) is 11.7. The van der Waals surface area contributed by atoms with Crippen LogP contribution >= 0.6 is 11.8 Å². The molecule has 100 valence electrons. The zero-order valence-electron chi connectivity index (χ0n) is 10.9. The van der Waals surface area contributed by atoms with Crippen LogP contribution in [0.4, 0.5) is 0 Å². The summed E-state index contributed by atoms with van der Waals surface area (Å²) in [7, 11) is 3.23. The summed E-state index contributed by atoms with van der Waals surface area (Å²) >= 11 is 1.59. The second-order valence-corrected chi connectivity index (χ2v) is 5.81. The molecule has 6 heteroatoms. The average molecular weight is 270 g/mol. The van der Waals surface area contributed by atoms with E-state index in [4.69, 9.17) is 9.15 Å². The van der Waals surface area contributed by atoms with Crippen LogP contribution in [0.25, 0.3) is 0 Å². The molecule has 1 aromatic heterocycles.